The topological polar surface area (TPSA) is 83.5 Å². The van der Waals surface area contributed by atoms with Crippen molar-refractivity contribution in [2.45, 2.75) is 51.0 Å². The van der Waals surface area contributed by atoms with Gasteiger partial charge in [0.25, 0.3) is 5.91 Å². The maximum Gasteiger partial charge on any atom is 0.251 e. The van der Waals surface area contributed by atoms with E-state index in [1.54, 1.807) is 6.07 Å². The minimum Gasteiger partial charge on any atom is -0.341 e. The number of halogens is 1. The van der Waals surface area contributed by atoms with E-state index >= 15 is 0 Å². The zero-order valence-electron chi connectivity index (χ0n) is 18.5. The second-order valence-corrected chi connectivity index (χ2v) is 11.1. The fourth-order valence-electron chi connectivity index (χ4n) is 3.97. The van der Waals surface area contributed by atoms with Crippen LogP contribution < -0.4 is 5.32 Å². The van der Waals surface area contributed by atoms with E-state index in [2.05, 4.69) is 5.32 Å². The summed E-state index contributed by atoms with van der Waals surface area (Å²) < 4.78 is 23.6. The first-order valence-electron chi connectivity index (χ1n) is 10.7. The number of benzene rings is 2. The van der Waals surface area contributed by atoms with Gasteiger partial charge < -0.3 is 10.2 Å². The van der Waals surface area contributed by atoms with E-state index in [1.807, 2.05) is 43.0 Å². The summed E-state index contributed by atoms with van der Waals surface area (Å²) in [4.78, 5) is 27.9. The third-order valence-electron chi connectivity index (χ3n) is 5.89. The molecule has 8 heteroatoms. The molecule has 0 aliphatic carbocycles. The number of hydrogen-bond donors (Lipinski definition) is 1. The third kappa shape index (κ3) is 6.81. The van der Waals surface area contributed by atoms with Crippen LogP contribution in [-0.2, 0) is 14.6 Å². The van der Waals surface area contributed by atoms with Gasteiger partial charge in [-0.25, -0.2) is 8.42 Å². The summed E-state index contributed by atoms with van der Waals surface area (Å²) in [5.41, 5.74) is 1.44. The molecule has 33 heavy (non-hydrogen) atoms. The van der Waals surface area contributed by atoms with Gasteiger partial charge in [-0.2, -0.15) is 0 Å². The molecule has 2 aromatic rings. The Kier molecular flexibility index (Phi) is 9.09. The summed E-state index contributed by atoms with van der Waals surface area (Å²) in [6.07, 6.45) is 2.79. The fraction of sp³-hybridized carbons (Fsp3) is 0.440. The molecule has 3 rings (SSSR count). The third-order valence-corrected chi connectivity index (χ3v) is 7.25. The van der Waals surface area contributed by atoms with E-state index in [4.69, 9.17) is 11.6 Å². The number of nitrogens with zero attached hydrogens (tertiary/aromatic N) is 1. The predicted molar refractivity (Wildman–Crippen MR) is 132 cm³/mol. The molecular formula is C25H33ClN2O4S. The van der Waals surface area contributed by atoms with Crippen molar-refractivity contribution >= 4 is 33.3 Å². The van der Waals surface area contributed by atoms with Gasteiger partial charge in [-0.3, -0.25) is 9.59 Å². The predicted octanol–water partition coefficient (Wildman–Crippen LogP) is 4.54. The molecule has 180 valence electrons. The molecule has 0 unspecified atom stereocenters. The molecule has 0 bridgehead atoms. The van der Waals surface area contributed by atoms with Crippen molar-refractivity contribution in [3.8, 4) is 0 Å². The summed E-state index contributed by atoms with van der Waals surface area (Å²) in [5, 5.41) is 3.53. The molecule has 0 saturated carbocycles. The molecule has 1 heterocycles. The highest BCUT2D eigenvalue weighted by atomic mass is 35.5. The van der Waals surface area contributed by atoms with Crippen LogP contribution >= 0.6 is 11.6 Å². The number of hydrogen-bond acceptors (Lipinski definition) is 4. The monoisotopic (exact) mass is 492 g/mol. The maximum atomic E-state index is 13.2. The van der Waals surface area contributed by atoms with E-state index in [9.17, 15) is 18.0 Å². The number of likely N-dealkylation sites (tertiary alicyclic amines) is 1. The summed E-state index contributed by atoms with van der Waals surface area (Å²) in [6, 6.07) is 13.0. The van der Waals surface area contributed by atoms with Crippen LogP contribution in [0.3, 0.4) is 0 Å². The van der Waals surface area contributed by atoms with Crippen LogP contribution in [0.2, 0.25) is 5.02 Å². The van der Waals surface area contributed by atoms with Gasteiger partial charge in [0, 0.05) is 29.9 Å². The average Bonchev–Trinajstić information content (AvgIpc) is 2.77. The number of amides is 2. The summed E-state index contributed by atoms with van der Waals surface area (Å²) in [7, 11) is -3.43. The minimum absolute atomic E-state index is 0. The second-order valence-electron chi connectivity index (χ2n) is 8.65. The van der Waals surface area contributed by atoms with Gasteiger partial charge >= 0.3 is 0 Å². The Bertz CT molecular complexity index is 1080. The van der Waals surface area contributed by atoms with E-state index in [-0.39, 0.29) is 29.7 Å². The van der Waals surface area contributed by atoms with Crippen molar-refractivity contribution in [2.75, 3.05) is 19.3 Å². The molecule has 1 N–H and O–H groups in total. The molecule has 1 atom stereocenters. The number of sulfone groups is 1. The zero-order valence-corrected chi connectivity index (χ0v) is 20.1. The van der Waals surface area contributed by atoms with Crippen molar-refractivity contribution < 1.29 is 18.0 Å². The van der Waals surface area contributed by atoms with Crippen molar-refractivity contribution in [1.82, 2.24) is 10.2 Å². The highest BCUT2D eigenvalue weighted by Crippen LogP contribution is 2.29. The Morgan fingerprint density at radius 2 is 1.67 bits per heavy atom. The van der Waals surface area contributed by atoms with E-state index < -0.39 is 21.8 Å². The molecule has 1 saturated heterocycles. The number of piperidine rings is 1. The Morgan fingerprint density at radius 3 is 2.21 bits per heavy atom. The van der Waals surface area contributed by atoms with Gasteiger partial charge in [-0.1, -0.05) is 51.1 Å². The molecule has 0 spiro atoms. The molecule has 1 aliphatic rings. The lowest BCUT2D eigenvalue weighted by Crippen LogP contribution is -2.52. The molecular weight excluding hydrogens is 460 g/mol. The number of carbonyl (C=O) groups excluding carboxylic acids is 2. The molecule has 1 aliphatic heterocycles. The molecule has 0 radical (unpaired) electrons. The highest BCUT2D eigenvalue weighted by Gasteiger charge is 2.32. The molecule has 2 amide bonds. The largest absolute Gasteiger partial charge is 0.341 e. The van der Waals surface area contributed by atoms with Crippen molar-refractivity contribution in [3.05, 3.63) is 64.7 Å². The van der Waals surface area contributed by atoms with Crippen molar-refractivity contribution in [1.29, 1.82) is 0 Å². The first-order chi connectivity index (χ1) is 15.1. The molecule has 2 aromatic carbocycles. The Morgan fingerprint density at radius 1 is 1.06 bits per heavy atom. The summed E-state index contributed by atoms with van der Waals surface area (Å²) in [6.45, 7) is 5.01. The summed E-state index contributed by atoms with van der Waals surface area (Å²) in [5.74, 6) is -0.304. The average molecular weight is 493 g/mol. The quantitative estimate of drug-likeness (QED) is 0.641. The lowest BCUT2D eigenvalue weighted by molar-refractivity contribution is -0.135. The van der Waals surface area contributed by atoms with Crippen LogP contribution in [0.1, 0.15) is 56.0 Å². The Labute approximate surface area is 202 Å². The smallest absolute Gasteiger partial charge is 0.251 e. The second kappa shape index (κ2) is 11.2. The lowest BCUT2D eigenvalue weighted by atomic mass is 9.89. The van der Waals surface area contributed by atoms with E-state index in [0.717, 1.165) is 19.1 Å². The minimum atomic E-state index is -3.43. The van der Waals surface area contributed by atoms with Gasteiger partial charge in [0.05, 0.1) is 4.90 Å². The van der Waals surface area contributed by atoms with Gasteiger partial charge in [0.1, 0.15) is 6.04 Å². The Hall–Kier alpha value is -2.38. The highest BCUT2D eigenvalue weighted by molar-refractivity contribution is 7.90. The van der Waals surface area contributed by atoms with Crippen LogP contribution in [0.4, 0.5) is 0 Å². The fourth-order valence-corrected chi connectivity index (χ4v) is 4.76. The SMILES string of the molecule is C.CC(C)[C@@H](NC(=O)c1cccc(S(C)(=O)=O)c1)C(=O)N1CCC(c2ccc(Cl)cc2)CC1. The number of rotatable bonds is 6. The maximum absolute atomic E-state index is 13.2. The Balaban J connectivity index is 0.00000385. The number of carbonyl (C=O) groups is 2. The normalized spacial score (nSPS) is 15.6. The van der Waals surface area contributed by atoms with Crippen LogP contribution in [0.5, 0.6) is 0 Å². The van der Waals surface area contributed by atoms with Crippen molar-refractivity contribution in [3.63, 3.8) is 0 Å². The van der Waals surface area contributed by atoms with Crippen LogP contribution in [0, 0.1) is 5.92 Å². The lowest BCUT2D eigenvalue weighted by Gasteiger charge is -2.35. The number of nitrogens with one attached hydrogen (secondary N) is 1. The van der Waals surface area contributed by atoms with Gasteiger partial charge in [-0.05, 0) is 60.6 Å². The standard InChI is InChI=1S/C24H29ClN2O4S.CH4/c1-16(2)22(26-23(28)19-5-4-6-21(15-19)32(3,30)31)24(29)27-13-11-18(12-14-27)17-7-9-20(25)10-8-17;/h4-10,15-16,18,22H,11-14H2,1-3H3,(H,26,28);1H4/t22-;/m1./s1. The molecule has 1 fully saturated rings. The molecule has 6 nitrogen and oxygen atoms in total. The van der Waals surface area contributed by atoms with Crippen LogP contribution in [0.15, 0.2) is 53.4 Å². The first kappa shape index (κ1) is 26.9. The van der Waals surface area contributed by atoms with Crippen LogP contribution in [0.25, 0.3) is 0 Å². The van der Waals surface area contributed by atoms with Gasteiger partial charge in [-0.15, -0.1) is 0 Å². The first-order valence-corrected chi connectivity index (χ1v) is 13.0. The van der Waals surface area contributed by atoms with Crippen molar-refractivity contribution in [2.24, 2.45) is 5.92 Å². The zero-order chi connectivity index (χ0) is 23.5. The molecule has 0 aromatic heterocycles. The van der Waals surface area contributed by atoms with E-state index in [1.165, 1.54) is 23.8 Å². The van der Waals surface area contributed by atoms with Gasteiger partial charge in [0.2, 0.25) is 5.91 Å². The van der Waals surface area contributed by atoms with Crippen LogP contribution in [-0.4, -0.2) is 50.5 Å². The summed E-state index contributed by atoms with van der Waals surface area (Å²) >= 11 is 5.98. The van der Waals surface area contributed by atoms with Gasteiger partial charge in [0.15, 0.2) is 9.84 Å². The van der Waals surface area contributed by atoms with E-state index in [0.29, 0.717) is 24.0 Å².